The van der Waals surface area contributed by atoms with Gasteiger partial charge in [-0.05, 0) is 25.0 Å². The summed E-state index contributed by atoms with van der Waals surface area (Å²) in [5.74, 6) is 0. The Morgan fingerprint density at radius 3 is 2.60 bits per heavy atom. The van der Waals surface area contributed by atoms with Crippen LogP contribution < -0.4 is 0 Å². The largest absolute Gasteiger partial charge is 0.259 e. The van der Waals surface area contributed by atoms with Crippen LogP contribution in [0.3, 0.4) is 0 Å². The summed E-state index contributed by atoms with van der Waals surface area (Å²) in [4.78, 5) is 10.3. The van der Waals surface area contributed by atoms with Gasteiger partial charge in [-0.2, -0.15) is 0 Å². The molecule has 0 saturated heterocycles. The first kappa shape index (κ1) is 11.4. The topological polar surface area (TPSA) is 43.1 Å². The van der Waals surface area contributed by atoms with Gasteiger partial charge in [-0.25, -0.2) is 0 Å². The highest BCUT2D eigenvalue weighted by molar-refractivity contribution is 5.55. The molecule has 1 aromatic rings. The Balaban J connectivity index is 3.12. The van der Waals surface area contributed by atoms with Crippen LogP contribution in [0, 0.1) is 24.0 Å². The number of hydrogen-bond donors (Lipinski definition) is 0. The third kappa shape index (κ3) is 2.91. The van der Waals surface area contributed by atoms with Gasteiger partial charge in [0.25, 0.3) is 0 Å². The molecule has 0 saturated carbocycles. The zero-order valence-corrected chi connectivity index (χ0v) is 9.28. The summed E-state index contributed by atoms with van der Waals surface area (Å²) >= 11 is 0. The van der Waals surface area contributed by atoms with Crippen molar-refractivity contribution >= 4 is 6.08 Å². The highest BCUT2D eigenvalue weighted by atomic mass is 16.6. The quantitative estimate of drug-likeness (QED) is 0.561. The summed E-state index contributed by atoms with van der Waals surface area (Å²) in [6.07, 6.45) is 2.09. The number of hydrogen-bond acceptors (Lipinski definition) is 2. The van der Waals surface area contributed by atoms with Crippen LogP contribution in [0.25, 0.3) is 6.08 Å². The first-order valence-corrected chi connectivity index (χ1v) is 4.96. The molecule has 0 fully saturated rings. The normalized spacial score (nSPS) is 11.5. The van der Waals surface area contributed by atoms with E-state index in [-0.39, 0.29) is 10.6 Å². The standard InChI is InChI=1S/C12H15NO2/c1-4-12(13(14)15)8-11-6-5-9(2)7-10(11)3/h5-8H,4H2,1-3H3. The fourth-order valence-corrected chi connectivity index (χ4v) is 1.45. The predicted molar refractivity (Wildman–Crippen MR) is 61.2 cm³/mol. The SMILES string of the molecule is CCC(=Cc1ccc(C)cc1C)[N+](=O)[O-]. The van der Waals surface area contributed by atoms with E-state index in [1.54, 1.807) is 13.0 Å². The number of allylic oxidation sites excluding steroid dienone is 1. The maximum absolute atomic E-state index is 10.7. The number of benzene rings is 1. The summed E-state index contributed by atoms with van der Waals surface area (Å²) < 4.78 is 0. The monoisotopic (exact) mass is 205 g/mol. The van der Waals surface area contributed by atoms with Gasteiger partial charge in [0.05, 0.1) is 4.92 Å². The lowest BCUT2D eigenvalue weighted by Crippen LogP contribution is -1.97. The molecule has 1 rings (SSSR count). The van der Waals surface area contributed by atoms with Crippen molar-refractivity contribution in [2.75, 3.05) is 0 Å². The van der Waals surface area contributed by atoms with Crippen LogP contribution in [0.1, 0.15) is 30.0 Å². The molecule has 15 heavy (non-hydrogen) atoms. The van der Waals surface area contributed by atoms with Crippen molar-refractivity contribution < 1.29 is 4.92 Å². The first-order chi connectivity index (χ1) is 7.04. The number of aryl methyl sites for hydroxylation is 2. The Kier molecular flexibility index (Phi) is 3.61. The van der Waals surface area contributed by atoms with E-state index in [0.29, 0.717) is 6.42 Å². The van der Waals surface area contributed by atoms with E-state index < -0.39 is 0 Å². The lowest BCUT2D eigenvalue weighted by atomic mass is 10.0. The second kappa shape index (κ2) is 4.73. The fourth-order valence-electron chi connectivity index (χ4n) is 1.45. The van der Waals surface area contributed by atoms with Gasteiger partial charge in [-0.1, -0.05) is 30.7 Å². The minimum Gasteiger partial charge on any atom is -0.259 e. The third-order valence-electron chi connectivity index (χ3n) is 2.34. The Morgan fingerprint density at radius 1 is 1.47 bits per heavy atom. The molecule has 0 aromatic heterocycles. The van der Waals surface area contributed by atoms with Gasteiger partial charge in [-0.15, -0.1) is 0 Å². The molecule has 0 bridgehead atoms. The fraction of sp³-hybridized carbons (Fsp3) is 0.333. The Morgan fingerprint density at radius 2 is 2.13 bits per heavy atom. The molecule has 1 aromatic carbocycles. The maximum atomic E-state index is 10.7. The molecule has 0 spiro atoms. The molecule has 0 radical (unpaired) electrons. The highest BCUT2D eigenvalue weighted by Gasteiger charge is 2.07. The van der Waals surface area contributed by atoms with Gasteiger partial charge in [0.2, 0.25) is 5.70 Å². The molecular weight excluding hydrogens is 190 g/mol. The zero-order valence-electron chi connectivity index (χ0n) is 9.28. The first-order valence-electron chi connectivity index (χ1n) is 4.96. The molecule has 0 heterocycles. The van der Waals surface area contributed by atoms with Gasteiger partial charge >= 0.3 is 0 Å². The van der Waals surface area contributed by atoms with E-state index in [4.69, 9.17) is 0 Å². The molecule has 0 unspecified atom stereocenters. The molecule has 0 aliphatic rings. The number of nitrogens with zero attached hydrogens (tertiary/aromatic N) is 1. The second-order valence-corrected chi connectivity index (χ2v) is 3.61. The number of rotatable bonds is 3. The summed E-state index contributed by atoms with van der Waals surface area (Å²) in [6, 6.07) is 5.91. The van der Waals surface area contributed by atoms with E-state index in [9.17, 15) is 10.1 Å². The summed E-state index contributed by atoms with van der Waals surface area (Å²) in [5, 5.41) is 10.7. The van der Waals surface area contributed by atoms with Crippen molar-refractivity contribution in [1.29, 1.82) is 0 Å². The zero-order chi connectivity index (χ0) is 11.4. The smallest absolute Gasteiger partial charge is 0.246 e. The van der Waals surface area contributed by atoms with E-state index in [1.165, 1.54) is 5.56 Å². The Hall–Kier alpha value is -1.64. The lowest BCUT2D eigenvalue weighted by molar-refractivity contribution is -0.425. The van der Waals surface area contributed by atoms with Crippen LogP contribution >= 0.6 is 0 Å². The second-order valence-electron chi connectivity index (χ2n) is 3.61. The molecule has 0 N–H and O–H groups in total. The molecular formula is C12H15NO2. The van der Waals surface area contributed by atoms with Crippen LogP contribution in [-0.4, -0.2) is 4.92 Å². The van der Waals surface area contributed by atoms with Crippen LogP contribution in [0.15, 0.2) is 23.9 Å². The van der Waals surface area contributed by atoms with Gasteiger partial charge in [-0.3, -0.25) is 10.1 Å². The number of nitro groups is 1. The van der Waals surface area contributed by atoms with Crippen molar-refractivity contribution in [3.63, 3.8) is 0 Å². The van der Waals surface area contributed by atoms with E-state index in [2.05, 4.69) is 0 Å². The highest BCUT2D eigenvalue weighted by Crippen LogP contribution is 2.15. The molecule has 0 aliphatic carbocycles. The molecule has 3 heteroatoms. The molecule has 3 nitrogen and oxygen atoms in total. The summed E-state index contributed by atoms with van der Waals surface area (Å²) in [6.45, 7) is 5.76. The molecule has 80 valence electrons. The molecule has 0 amide bonds. The van der Waals surface area contributed by atoms with Crippen LogP contribution in [0.5, 0.6) is 0 Å². The van der Waals surface area contributed by atoms with Gasteiger partial charge in [0, 0.05) is 12.5 Å². The van der Waals surface area contributed by atoms with Crippen LogP contribution in [0.2, 0.25) is 0 Å². The third-order valence-corrected chi connectivity index (χ3v) is 2.34. The Labute approximate surface area is 89.6 Å². The van der Waals surface area contributed by atoms with Gasteiger partial charge in [0.1, 0.15) is 0 Å². The van der Waals surface area contributed by atoms with Crippen molar-refractivity contribution in [2.24, 2.45) is 0 Å². The van der Waals surface area contributed by atoms with Crippen molar-refractivity contribution in [1.82, 2.24) is 0 Å². The summed E-state index contributed by atoms with van der Waals surface area (Å²) in [7, 11) is 0. The van der Waals surface area contributed by atoms with Crippen LogP contribution in [0.4, 0.5) is 0 Å². The summed E-state index contributed by atoms with van der Waals surface area (Å²) in [5.41, 5.74) is 3.42. The Bertz CT molecular complexity index is 408. The van der Waals surface area contributed by atoms with E-state index >= 15 is 0 Å². The average Bonchev–Trinajstić information content (AvgIpc) is 2.16. The lowest BCUT2D eigenvalue weighted by Gasteiger charge is -2.02. The predicted octanol–water partition coefficient (Wildman–Crippen LogP) is 3.33. The van der Waals surface area contributed by atoms with Gasteiger partial charge in [0.15, 0.2) is 0 Å². The van der Waals surface area contributed by atoms with Crippen molar-refractivity contribution in [3.05, 3.63) is 50.7 Å². The minimum absolute atomic E-state index is 0.252. The van der Waals surface area contributed by atoms with E-state index in [0.717, 1.165) is 11.1 Å². The molecule has 0 aliphatic heterocycles. The van der Waals surface area contributed by atoms with Crippen molar-refractivity contribution in [2.45, 2.75) is 27.2 Å². The molecule has 0 atom stereocenters. The minimum atomic E-state index is -0.320. The van der Waals surface area contributed by atoms with Crippen LogP contribution in [-0.2, 0) is 0 Å². The van der Waals surface area contributed by atoms with Gasteiger partial charge < -0.3 is 0 Å². The van der Waals surface area contributed by atoms with Crippen molar-refractivity contribution in [3.8, 4) is 0 Å². The van der Waals surface area contributed by atoms with E-state index in [1.807, 2.05) is 32.0 Å². The average molecular weight is 205 g/mol. The maximum Gasteiger partial charge on any atom is 0.246 e.